The predicted octanol–water partition coefficient (Wildman–Crippen LogP) is 2.38. The number of nitrogens with one attached hydrogen (secondary N) is 1. The lowest BCUT2D eigenvalue weighted by molar-refractivity contribution is 0.445. The van der Waals surface area contributed by atoms with E-state index in [-0.39, 0.29) is 10.9 Å². The number of hydrogen-bond acceptors (Lipinski definition) is 4. The maximum Gasteiger partial charge on any atom is 0.238 e. The molecular formula is C13H15IN2O3S. The molecule has 2 rings (SSSR count). The lowest BCUT2D eigenvalue weighted by Gasteiger charge is -2.13. The zero-order chi connectivity index (χ0) is 14.8. The molecule has 0 radical (unpaired) electrons. The quantitative estimate of drug-likeness (QED) is 0.747. The first-order valence-electron chi connectivity index (χ1n) is 5.96. The van der Waals surface area contributed by atoms with Crippen molar-refractivity contribution in [2.24, 2.45) is 5.14 Å². The summed E-state index contributed by atoms with van der Waals surface area (Å²) < 4.78 is 28.7. The molecule has 1 heterocycles. The van der Waals surface area contributed by atoms with Crippen LogP contribution in [-0.2, 0) is 16.6 Å². The molecular weight excluding hydrogens is 391 g/mol. The molecule has 20 heavy (non-hydrogen) atoms. The van der Waals surface area contributed by atoms with E-state index >= 15 is 0 Å². The Morgan fingerprint density at radius 3 is 2.40 bits per heavy atom. The molecule has 0 saturated heterocycles. The van der Waals surface area contributed by atoms with E-state index in [9.17, 15) is 8.42 Å². The van der Waals surface area contributed by atoms with Crippen LogP contribution in [0.25, 0.3) is 0 Å². The Hall–Kier alpha value is -0.900. The fraction of sp³-hybridized carbons (Fsp3) is 0.231. The van der Waals surface area contributed by atoms with Gasteiger partial charge in [0.2, 0.25) is 10.0 Å². The summed E-state index contributed by atoms with van der Waals surface area (Å²) >= 11 is 2.12. The van der Waals surface area contributed by atoms with Crippen molar-refractivity contribution in [3.05, 3.63) is 51.5 Å². The third-order valence-corrected chi connectivity index (χ3v) is 4.43. The van der Waals surface area contributed by atoms with Crippen LogP contribution >= 0.6 is 22.6 Å². The summed E-state index contributed by atoms with van der Waals surface area (Å²) in [6.45, 7) is 2.61. The van der Waals surface area contributed by atoms with E-state index in [1.807, 2.05) is 19.1 Å². The van der Waals surface area contributed by atoms with E-state index < -0.39 is 10.0 Å². The average molecular weight is 406 g/mol. The van der Waals surface area contributed by atoms with Gasteiger partial charge in [-0.25, -0.2) is 13.6 Å². The summed E-state index contributed by atoms with van der Waals surface area (Å²) in [5, 5.41) is 8.37. The van der Waals surface area contributed by atoms with Gasteiger partial charge in [0.05, 0.1) is 11.4 Å². The predicted molar refractivity (Wildman–Crippen MR) is 84.5 cm³/mol. The van der Waals surface area contributed by atoms with E-state index in [4.69, 9.17) is 9.56 Å². The SMILES string of the molecule is CC(NCc1ccc(I)o1)c1ccc(S(N)(=O)=O)cc1. The van der Waals surface area contributed by atoms with Crippen molar-refractivity contribution in [3.8, 4) is 0 Å². The third kappa shape index (κ3) is 4.05. The molecule has 0 spiro atoms. The molecule has 0 fully saturated rings. The minimum absolute atomic E-state index is 0.0762. The Morgan fingerprint density at radius 1 is 1.25 bits per heavy atom. The maximum atomic E-state index is 11.2. The molecule has 3 N–H and O–H groups in total. The second kappa shape index (κ2) is 6.25. The lowest BCUT2D eigenvalue weighted by Crippen LogP contribution is -2.18. The summed E-state index contributed by atoms with van der Waals surface area (Å²) in [7, 11) is -3.63. The number of halogens is 1. The minimum atomic E-state index is -3.63. The van der Waals surface area contributed by atoms with Gasteiger partial charge in [0.25, 0.3) is 0 Å². The van der Waals surface area contributed by atoms with Gasteiger partial charge in [-0.3, -0.25) is 0 Å². The normalized spacial score (nSPS) is 13.3. The van der Waals surface area contributed by atoms with E-state index in [0.29, 0.717) is 6.54 Å². The van der Waals surface area contributed by atoms with Crippen molar-refractivity contribution < 1.29 is 12.8 Å². The molecule has 0 saturated carbocycles. The topological polar surface area (TPSA) is 85.3 Å². The second-order valence-electron chi connectivity index (χ2n) is 4.42. The first kappa shape index (κ1) is 15.5. The van der Waals surface area contributed by atoms with Gasteiger partial charge in [0.1, 0.15) is 5.76 Å². The smallest absolute Gasteiger partial charge is 0.238 e. The molecule has 0 aliphatic rings. The van der Waals surface area contributed by atoms with Crippen LogP contribution in [0.5, 0.6) is 0 Å². The first-order valence-corrected chi connectivity index (χ1v) is 8.59. The highest BCUT2D eigenvalue weighted by Crippen LogP contribution is 2.17. The van der Waals surface area contributed by atoms with Crippen molar-refractivity contribution in [1.82, 2.24) is 5.32 Å². The Labute approximate surface area is 131 Å². The van der Waals surface area contributed by atoms with E-state index in [1.54, 1.807) is 12.1 Å². The van der Waals surface area contributed by atoms with Crippen molar-refractivity contribution in [2.75, 3.05) is 0 Å². The third-order valence-electron chi connectivity index (χ3n) is 2.92. The van der Waals surface area contributed by atoms with Crippen LogP contribution in [0.15, 0.2) is 45.7 Å². The molecule has 2 aromatic rings. The number of sulfonamides is 1. The highest BCUT2D eigenvalue weighted by Gasteiger charge is 2.10. The molecule has 5 nitrogen and oxygen atoms in total. The van der Waals surface area contributed by atoms with Crippen LogP contribution in [0.3, 0.4) is 0 Å². The molecule has 1 atom stereocenters. The van der Waals surface area contributed by atoms with E-state index in [0.717, 1.165) is 15.1 Å². The van der Waals surface area contributed by atoms with Crippen molar-refractivity contribution in [3.63, 3.8) is 0 Å². The zero-order valence-corrected chi connectivity index (χ0v) is 13.8. The first-order chi connectivity index (χ1) is 9.36. The van der Waals surface area contributed by atoms with Gasteiger partial charge in [-0.15, -0.1) is 0 Å². The standard InChI is InChI=1S/C13H15IN2O3S/c1-9(16-8-11-4-7-13(14)19-11)10-2-5-12(6-3-10)20(15,17)18/h2-7,9,16H,8H2,1H3,(H2,15,17,18). The van der Waals surface area contributed by atoms with Gasteiger partial charge in [0, 0.05) is 6.04 Å². The van der Waals surface area contributed by atoms with Gasteiger partial charge in [-0.2, -0.15) is 0 Å². The summed E-state index contributed by atoms with van der Waals surface area (Å²) in [6, 6.07) is 10.4. The Balaban J connectivity index is 2.00. The summed E-state index contributed by atoms with van der Waals surface area (Å²) in [6.07, 6.45) is 0. The Kier molecular flexibility index (Phi) is 4.84. The van der Waals surface area contributed by atoms with Crippen LogP contribution in [-0.4, -0.2) is 8.42 Å². The van der Waals surface area contributed by atoms with Crippen LogP contribution in [0.1, 0.15) is 24.3 Å². The summed E-state index contributed by atoms with van der Waals surface area (Å²) in [5.41, 5.74) is 0.985. The molecule has 0 aliphatic heterocycles. The van der Waals surface area contributed by atoms with Crippen LogP contribution < -0.4 is 10.5 Å². The molecule has 1 unspecified atom stereocenters. The number of primary sulfonamides is 1. The summed E-state index contributed by atoms with van der Waals surface area (Å²) in [5.74, 6) is 0.863. The van der Waals surface area contributed by atoms with E-state index in [2.05, 4.69) is 27.9 Å². The van der Waals surface area contributed by atoms with Crippen LogP contribution in [0.4, 0.5) is 0 Å². The van der Waals surface area contributed by atoms with Gasteiger partial charge in [0.15, 0.2) is 3.77 Å². The molecule has 1 aromatic carbocycles. The fourth-order valence-corrected chi connectivity index (χ4v) is 2.74. The Morgan fingerprint density at radius 2 is 1.90 bits per heavy atom. The summed E-state index contributed by atoms with van der Waals surface area (Å²) in [4.78, 5) is 0.119. The number of rotatable bonds is 5. The average Bonchev–Trinajstić information content (AvgIpc) is 2.81. The molecule has 0 aliphatic carbocycles. The van der Waals surface area contributed by atoms with Gasteiger partial charge >= 0.3 is 0 Å². The van der Waals surface area contributed by atoms with Crippen LogP contribution in [0.2, 0.25) is 0 Å². The monoisotopic (exact) mass is 406 g/mol. The van der Waals surface area contributed by atoms with Gasteiger partial charge in [-0.05, 0) is 59.3 Å². The second-order valence-corrected chi connectivity index (χ2v) is 7.05. The number of benzene rings is 1. The van der Waals surface area contributed by atoms with E-state index in [1.165, 1.54) is 12.1 Å². The molecule has 1 aromatic heterocycles. The highest BCUT2D eigenvalue weighted by molar-refractivity contribution is 14.1. The number of furan rings is 1. The van der Waals surface area contributed by atoms with Crippen molar-refractivity contribution >= 4 is 32.6 Å². The molecule has 7 heteroatoms. The van der Waals surface area contributed by atoms with Crippen molar-refractivity contribution in [2.45, 2.75) is 24.4 Å². The minimum Gasteiger partial charge on any atom is -0.454 e. The van der Waals surface area contributed by atoms with Gasteiger partial charge < -0.3 is 9.73 Å². The molecule has 108 valence electrons. The van der Waals surface area contributed by atoms with Crippen LogP contribution in [0, 0.1) is 3.77 Å². The highest BCUT2D eigenvalue weighted by atomic mass is 127. The fourth-order valence-electron chi connectivity index (χ4n) is 1.76. The van der Waals surface area contributed by atoms with Gasteiger partial charge in [-0.1, -0.05) is 12.1 Å². The molecule has 0 amide bonds. The largest absolute Gasteiger partial charge is 0.454 e. The lowest BCUT2D eigenvalue weighted by atomic mass is 10.1. The number of hydrogen-bond donors (Lipinski definition) is 2. The van der Waals surface area contributed by atoms with Crippen molar-refractivity contribution in [1.29, 1.82) is 0 Å². The number of nitrogens with two attached hydrogens (primary N) is 1. The Bertz CT molecular complexity index is 680. The maximum absolute atomic E-state index is 11.2. The molecule has 0 bridgehead atoms. The zero-order valence-electron chi connectivity index (χ0n) is 10.8.